The summed E-state index contributed by atoms with van der Waals surface area (Å²) in [6.45, 7) is 4.67. The van der Waals surface area contributed by atoms with Crippen molar-refractivity contribution in [2.24, 2.45) is 0 Å². The lowest BCUT2D eigenvalue weighted by atomic mass is 10.1. The number of amides is 1. The monoisotopic (exact) mass is 460 g/mol. The Morgan fingerprint density at radius 1 is 1.29 bits per heavy atom. The number of benzene rings is 2. The van der Waals surface area contributed by atoms with Crippen molar-refractivity contribution in [2.45, 2.75) is 38.4 Å². The molecule has 0 spiro atoms. The summed E-state index contributed by atoms with van der Waals surface area (Å²) in [5, 5.41) is 1.22. The van der Waals surface area contributed by atoms with Gasteiger partial charge in [0.1, 0.15) is 17.0 Å². The summed E-state index contributed by atoms with van der Waals surface area (Å²) < 4.78 is 18.3. The molecule has 8 heteroatoms. The molecular formula is C23H25ClN2O4S. The summed E-state index contributed by atoms with van der Waals surface area (Å²) in [7, 11) is 1.62. The van der Waals surface area contributed by atoms with Gasteiger partial charge in [0.15, 0.2) is 10.7 Å². The molecule has 0 aliphatic carbocycles. The zero-order valence-corrected chi connectivity index (χ0v) is 19.3. The summed E-state index contributed by atoms with van der Waals surface area (Å²) in [6.07, 6.45) is 1.88. The number of hydrogen-bond donors (Lipinski definition) is 0. The minimum Gasteiger partial charge on any atom is -0.494 e. The maximum atomic E-state index is 13.7. The van der Waals surface area contributed by atoms with Crippen LogP contribution in [-0.4, -0.2) is 42.9 Å². The van der Waals surface area contributed by atoms with Crippen LogP contribution in [0.5, 0.6) is 11.5 Å². The van der Waals surface area contributed by atoms with E-state index in [4.69, 9.17) is 30.8 Å². The van der Waals surface area contributed by atoms with E-state index in [2.05, 4.69) is 0 Å². The van der Waals surface area contributed by atoms with Gasteiger partial charge in [-0.25, -0.2) is 4.98 Å². The summed E-state index contributed by atoms with van der Waals surface area (Å²) in [6, 6.07) is 12.7. The topological polar surface area (TPSA) is 60.9 Å². The second-order valence-corrected chi connectivity index (χ2v) is 9.37. The van der Waals surface area contributed by atoms with Gasteiger partial charge in [0.05, 0.1) is 24.5 Å². The molecule has 1 aliphatic rings. The van der Waals surface area contributed by atoms with Gasteiger partial charge in [-0.05, 0) is 63.1 Å². The van der Waals surface area contributed by atoms with Gasteiger partial charge >= 0.3 is 0 Å². The van der Waals surface area contributed by atoms with Crippen molar-refractivity contribution in [1.29, 1.82) is 0 Å². The predicted octanol–water partition coefficient (Wildman–Crippen LogP) is 5.33. The highest BCUT2D eigenvalue weighted by Crippen LogP contribution is 2.36. The molecule has 31 heavy (non-hydrogen) atoms. The minimum atomic E-state index is -1.12. The number of para-hydroxylation sites is 1. The van der Waals surface area contributed by atoms with Gasteiger partial charge in [0.2, 0.25) is 0 Å². The van der Waals surface area contributed by atoms with E-state index in [1.165, 1.54) is 11.3 Å². The lowest BCUT2D eigenvalue weighted by molar-refractivity contribution is -0.131. The Hall–Kier alpha value is -2.35. The zero-order chi connectivity index (χ0) is 22.0. The summed E-state index contributed by atoms with van der Waals surface area (Å²) >= 11 is 7.43. The smallest absolute Gasteiger partial charge is 0.272 e. The van der Waals surface area contributed by atoms with Crippen molar-refractivity contribution in [3.63, 3.8) is 0 Å². The predicted molar refractivity (Wildman–Crippen MR) is 124 cm³/mol. The van der Waals surface area contributed by atoms with Gasteiger partial charge in [0.25, 0.3) is 5.91 Å². The first-order chi connectivity index (χ1) is 14.9. The molecule has 1 fully saturated rings. The van der Waals surface area contributed by atoms with Crippen molar-refractivity contribution >= 4 is 44.2 Å². The van der Waals surface area contributed by atoms with Gasteiger partial charge in [-0.2, -0.15) is 0 Å². The minimum absolute atomic E-state index is 0.0239. The SMILES string of the molecule is COc1cccc2sc(N(CC3CCCO3)C(=O)C(C)(C)Oc3ccc(Cl)cc3)nc12. The first-order valence-electron chi connectivity index (χ1n) is 10.2. The molecule has 0 saturated carbocycles. The molecule has 2 aromatic carbocycles. The number of aromatic nitrogens is 1. The van der Waals surface area contributed by atoms with Crippen molar-refractivity contribution < 1.29 is 19.0 Å². The third kappa shape index (κ3) is 4.79. The fourth-order valence-corrected chi connectivity index (χ4v) is 4.71. The summed E-state index contributed by atoms with van der Waals surface area (Å²) in [5.74, 6) is 1.07. The number of carbonyl (C=O) groups is 1. The highest BCUT2D eigenvalue weighted by molar-refractivity contribution is 7.22. The molecule has 1 atom stereocenters. The fraction of sp³-hybridized carbons (Fsp3) is 0.391. The van der Waals surface area contributed by atoms with E-state index < -0.39 is 5.60 Å². The highest BCUT2D eigenvalue weighted by Gasteiger charge is 2.38. The van der Waals surface area contributed by atoms with Crippen LogP contribution >= 0.6 is 22.9 Å². The Balaban J connectivity index is 1.66. The average Bonchev–Trinajstić information content (AvgIpc) is 3.42. The molecule has 2 heterocycles. The van der Waals surface area contributed by atoms with Crippen LogP contribution in [0.15, 0.2) is 42.5 Å². The Kier molecular flexibility index (Phi) is 6.36. The Bertz CT molecular complexity index is 1060. The second kappa shape index (κ2) is 9.02. The number of nitrogens with zero attached hydrogens (tertiary/aromatic N) is 2. The van der Waals surface area contributed by atoms with Crippen molar-refractivity contribution in [2.75, 3.05) is 25.2 Å². The molecular weight excluding hydrogens is 436 g/mol. The van der Waals surface area contributed by atoms with Gasteiger partial charge in [-0.3, -0.25) is 9.69 Å². The number of hydrogen-bond acceptors (Lipinski definition) is 6. The number of rotatable bonds is 7. The van der Waals surface area contributed by atoms with E-state index in [-0.39, 0.29) is 12.0 Å². The Morgan fingerprint density at radius 2 is 2.06 bits per heavy atom. The Morgan fingerprint density at radius 3 is 2.74 bits per heavy atom. The molecule has 4 rings (SSSR count). The number of carbonyl (C=O) groups excluding carboxylic acids is 1. The van der Waals surface area contributed by atoms with E-state index in [1.807, 2.05) is 18.2 Å². The average molecular weight is 461 g/mol. The van der Waals surface area contributed by atoms with Gasteiger partial charge in [0, 0.05) is 11.6 Å². The van der Waals surface area contributed by atoms with E-state index in [9.17, 15) is 4.79 Å². The number of ether oxygens (including phenoxy) is 3. The van der Waals surface area contributed by atoms with E-state index in [1.54, 1.807) is 50.1 Å². The van der Waals surface area contributed by atoms with Crippen molar-refractivity contribution in [3.8, 4) is 11.5 Å². The molecule has 1 saturated heterocycles. The third-order valence-corrected chi connectivity index (χ3v) is 6.47. The van der Waals surface area contributed by atoms with Crippen LogP contribution < -0.4 is 14.4 Å². The molecule has 1 unspecified atom stereocenters. The van der Waals surface area contributed by atoms with Crippen LogP contribution in [0.2, 0.25) is 5.02 Å². The van der Waals surface area contributed by atoms with Crippen LogP contribution in [0.4, 0.5) is 5.13 Å². The first kappa shape index (κ1) is 21.9. The number of thiazole rings is 1. The molecule has 164 valence electrons. The lowest BCUT2D eigenvalue weighted by Gasteiger charge is -2.32. The van der Waals surface area contributed by atoms with E-state index in [0.29, 0.717) is 34.8 Å². The maximum absolute atomic E-state index is 13.7. The summed E-state index contributed by atoms with van der Waals surface area (Å²) in [4.78, 5) is 20.2. The molecule has 1 aliphatic heterocycles. The van der Waals surface area contributed by atoms with Gasteiger partial charge in [-0.15, -0.1) is 0 Å². The molecule has 0 radical (unpaired) electrons. The number of anilines is 1. The molecule has 1 aromatic heterocycles. The second-order valence-electron chi connectivity index (χ2n) is 7.92. The standard InChI is InChI=1S/C23H25ClN2O4S/c1-23(2,30-16-11-9-15(24)10-12-16)21(27)26(14-17-6-5-13-29-17)22-25-20-18(28-3)7-4-8-19(20)31-22/h4,7-12,17H,5-6,13-14H2,1-3H3. The van der Waals surface area contributed by atoms with Crippen LogP contribution in [0.1, 0.15) is 26.7 Å². The van der Waals surface area contributed by atoms with E-state index in [0.717, 1.165) is 23.1 Å². The van der Waals surface area contributed by atoms with Crippen molar-refractivity contribution in [3.05, 3.63) is 47.5 Å². The first-order valence-corrected chi connectivity index (χ1v) is 11.4. The normalized spacial score (nSPS) is 16.5. The zero-order valence-electron chi connectivity index (χ0n) is 17.8. The van der Waals surface area contributed by atoms with Gasteiger partial charge < -0.3 is 14.2 Å². The molecule has 0 bridgehead atoms. The number of fused-ring (bicyclic) bond motifs is 1. The van der Waals surface area contributed by atoms with E-state index >= 15 is 0 Å². The largest absolute Gasteiger partial charge is 0.494 e. The maximum Gasteiger partial charge on any atom is 0.272 e. The molecule has 3 aromatic rings. The lowest BCUT2D eigenvalue weighted by Crippen LogP contribution is -2.51. The third-order valence-electron chi connectivity index (χ3n) is 5.18. The summed E-state index contributed by atoms with van der Waals surface area (Å²) in [5.41, 5.74) is -0.375. The van der Waals surface area contributed by atoms with Crippen LogP contribution in [0, 0.1) is 0 Å². The van der Waals surface area contributed by atoms with Gasteiger partial charge in [-0.1, -0.05) is 29.0 Å². The molecule has 1 amide bonds. The number of halogens is 1. The highest BCUT2D eigenvalue weighted by atomic mass is 35.5. The van der Waals surface area contributed by atoms with Crippen LogP contribution in [-0.2, 0) is 9.53 Å². The quantitative estimate of drug-likeness (QED) is 0.477. The van der Waals surface area contributed by atoms with Crippen LogP contribution in [0.3, 0.4) is 0 Å². The number of methoxy groups -OCH3 is 1. The fourth-order valence-electron chi connectivity index (χ4n) is 3.60. The Labute approximate surface area is 190 Å². The molecule has 0 N–H and O–H groups in total. The molecule has 6 nitrogen and oxygen atoms in total. The van der Waals surface area contributed by atoms with Crippen LogP contribution in [0.25, 0.3) is 10.2 Å². The van der Waals surface area contributed by atoms with Crippen molar-refractivity contribution in [1.82, 2.24) is 4.98 Å².